The first kappa shape index (κ1) is 27.5. The maximum Gasteiger partial charge on any atom is 0.352 e. The van der Waals surface area contributed by atoms with Gasteiger partial charge >= 0.3 is 5.97 Å². The molecule has 0 bridgehead atoms. The van der Waals surface area contributed by atoms with Crippen LogP contribution in [-0.4, -0.2) is 94.2 Å². The third kappa shape index (κ3) is 6.36. The standard InChI is InChI=1S/C18H18N6O5S2.C3H8O2/c19-12(8-1-3-10(25)4-2-8)15(26)21-13-16(27)24-14(18(28)29)9(7-31-17(13)24)6-30-11-5-20-23-22-11;1-3(5)2-4/h1-5,12-13,17,25H,6-7,19H2,(H,21,26)(H,28,29)(H,20,22,23);3-5H,2H2,1H3/t12?,13-,17-;/m1./s1. The first-order valence-electron chi connectivity index (χ1n) is 10.7. The number of β-lactam (4-membered cyclic amide) rings is 1. The molecule has 4 atom stereocenters. The van der Waals surface area contributed by atoms with Crippen LogP contribution in [0, 0.1) is 0 Å². The summed E-state index contributed by atoms with van der Waals surface area (Å²) in [6, 6.07) is 3.98. The molecule has 194 valence electrons. The van der Waals surface area contributed by atoms with Gasteiger partial charge in [0, 0.05) is 11.5 Å². The van der Waals surface area contributed by atoms with Crippen molar-refractivity contribution in [2.45, 2.75) is 35.5 Å². The van der Waals surface area contributed by atoms with Gasteiger partial charge in [0.1, 0.15) is 33.9 Å². The van der Waals surface area contributed by atoms with E-state index in [0.29, 0.717) is 27.7 Å². The van der Waals surface area contributed by atoms with Crippen molar-refractivity contribution in [3.05, 3.63) is 47.3 Å². The molecule has 1 aromatic heterocycles. The molecule has 0 aliphatic carbocycles. The summed E-state index contributed by atoms with van der Waals surface area (Å²) in [7, 11) is 0. The number of aromatic nitrogens is 3. The number of aromatic hydroxyl groups is 1. The summed E-state index contributed by atoms with van der Waals surface area (Å²) in [5.74, 6) is -1.45. The molecule has 2 unspecified atom stereocenters. The predicted molar refractivity (Wildman–Crippen MR) is 131 cm³/mol. The van der Waals surface area contributed by atoms with Gasteiger partial charge < -0.3 is 31.5 Å². The number of amides is 2. The lowest BCUT2D eigenvalue weighted by molar-refractivity contribution is -0.150. The van der Waals surface area contributed by atoms with Crippen LogP contribution in [0.3, 0.4) is 0 Å². The second-order valence-corrected chi connectivity index (χ2v) is 9.95. The van der Waals surface area contributed by atoms with Crippen LogP contribution in [0.4, 0.5) is 0 Å². The fourth-order valence-corrected chi connectivity index (χ4v) is 5.56. The summed E-state index contributed by atoms with van der Waals surface area (Å²) < 4.78 is 0. The number of carbonyl (C=O) groups excluding carboxylic acids is 2. The molecule has 8 N–H and O–H groups in total. The lowest BCUT2D eigenvalue weighted by Crippen LogP contribution is -2.71. The van der Waals surface area contributed by atoms with Crippen LogP contribution in [0.25, 0.3) is 0 Å². The number of fused-ring (bicyclic) bond motifs is 1. The van der Waals surface area contributed by atoms with Crippen molar-refractivity contribution in [1.29, 1.82) is 0 Å². The number of hydrogen-bond acceptors (Lipinski definition) is 11. The Morgan fingerprint density at radius 1 is 1.36 bits per heavy atom. The lowest BCUT2D eigenvalue weighted by atomic mass is 10.0. The second-order valence-electron chi connectivity index (χ2n) is 7.85. The molecular weight excluding hydrogens is 512 g/mol. The molecule has 0 radical (unpaired) electrons. The molecule has 13 nitrogen and oxygen atoms in total. The van der Waals surface area contributed by atoms with Crippen LogP contribution in [0.15, 0.2) is 46.8 Å². The molecule has 2 amide bonds. The molecule has 1 aromatic carbocycles. The van der Waals surface area contributed by atoms with E-state index in [-0.39, 0.29) is 18.1 Å². The predicted octanol–water partition coefficient (Wildman–Crippen LogP) is -0.599. The molecule has 2 aliphatic rings. The van der Waals surface area contributed by atoms with Gasteiger partial charge in [0.15, 0.2) is 0 Å². The number of nitrogens with one attached hydrogen (secondary N) is 2. The van der Waals surface area contributed by atoms with Crippen LogP contribution in [0.1, 0.15) is 18.5 Å². The number of aliphatic hydroxyl groups is 2. The largest absolute Gasteiger partial charge is 0.508 e. The number of nitrogens with two attached hydrogens (primary N) is 1. The molecular formula is C21H26N6O7S2. The van der Waals surface area contributed by atoms with Crippen LogP contribution >= 0.6 is 23.5 Å². The van der Waals surface area contributed by atoms with E-state index >= 15 is 0 Å². The molecule has 0 spiro atoms. The quantitative estimate of drug-likeness (QED) is 0.166. The van der Waals surface area contributed by atoms with E-state index in [1.54, 1.807) is 0 Å². The van der Waals surface area contributed by atoms with Crippen molar-refractivity contribution in [3.63, 3.8) is 0 Å². The number of carboxylic acids is 1. The van der Waals surface area contributed by atoms with E-state index in [0.717, 1.165) is 0 Å². The Balaban J connectivity index is 0.000000658. The van der Waals surface area contributed by atoms with Gasteiger partial charge in [-0.3, -0.25) is 14.5 Å². The van der Waals surface area contributed by atoms with Gasteiger partial charge in [-0.25, -0.2) is 4.79 Å². The van der Waals surface area contributed by atoms with Crippen molar-refractivity contribution in [3.8, 4) is 5.75 Å². The third-order valence-electron chi connectivity index (χ3n) is 5.13. The molecule has 2 aromatic rings. The smallest absolute Gasteiger partial charge is 0.352 e. The fraction of sp³-hybridized carbons (Fsp3) is 0.381. The number of rotatable bonds is 8. The Labute approximate surface area is 214 Å². The number of carbonyl (C=O) groups is 3. The minimum atomic E-state index is -1.19. The first-order chi connectivity index (χ1) is 17.1. The highest BCUT2D eigenvalue weighted by molar-refractivity contribution is 8.01. The van der Waals surface area contributed by atoms with Crippen LogP contribution in [-0.2, 0) is 14.4 Å². The summed E-state index contributed by atoms with van der Waals surface area (Å²) in [6.45, 7) is 1.39. The van der Waals surface area contributed by atoms with Crippen molar-refractivity contribution < 1.29 is 34.8 Å². The molecule has 1 saturated heterocycles. The molecule has 2 aliphatic heterocycles. The molecule has 4 rings (SSSR count). The van der Waals surface area contributed by atoms with Gasteiger partial charge in [-0.2, -0.15) is 10.3 Å². The Kier molecular flexibility index (Phi) is 9.33. The normalized spacial score (nSPS) is 20.4. The van der Waals surface area contributed by atoms with Crippen LogP contribution in [0.5, 0.6) is 5.75 Å². The minimum absolute atomic E-state index is 0.0466. The number of aliphatic hydroxyl groups excluding tert-OH is 2. The molecule has 15 heteroatoms. The number of hydrogen-bond donors (Lipinski definition) is 7. The summed E-state index contributed by atoms with van der Waals surface area (Å²) in [5.41, 5.74) is 6.99. The number of carboxylic acid groups (broad SMARTS) is 1. The lowest BCUT2D eigenvalue weighted by Gasteiger charge is -2.49. The van der Waals surface area contributed by atoms with Crippen LogP contribution in [0.2, 0.25) is 0 Å². The molecule has 3 heterocycles. The van der Waals surface area contributed by atoms with E-state index in [2.05, 4.69) is 20.7 Å². The second kappa shape index (κ2) is 12.2. The van der Waals surface area contributed by atoms with Gasteiger partial charge in [-0.05, 0) is 30.2 Å². The van der Waals surface area contributed by atoms with Gasteiger partial charge in [0.25, 0.3) is 5.91 Å². The maximum absolute atomic E-state index is 12.7. The summed E-state index contributed by atoms with van der Waals surface area (Å²) in [4.78, 5) is 38.4. The van der Waals surface area contributed by atoms with Crippen molar-refractivity contribution >= 4 is 41.3 Å². The van der Waals surface area contributed by atoms with Gasteiger partial charge in [0.2, 0.25) is 5.91 Å². The Morgan fingerprint density at radius 3 is 2.58 bits per heavy atom. The number of benzene rings is 1. The minimum Gasteiger partial charge on any atom is -0.508 e. The number of nitrogens with zero attached hydrogens (tertiary/aromatic N) is 3. The number of phenols is 1. The van der Waals surface area contributed by atoms with Gasteiger partial charge in [-0.15, -0.1) is 16.9 Å². The number of aromatic amines is 1. The summed E-state index contributed by atoms with van der Waals surface area (Å²) in [6.07, 6.45) is 0.970. The summed E-state index contributed by atoms with van der Waals surface area (Å²) in [5, 5.41) is 47.9. The highest BCUT2D eigenvalue weighted by atomic mass is 32.2. The first-order valence-corrected chi connectivity index (χ1v) is 12.7. The van der Waals surface area contributed by atoms with Crippen molar-refractivity contribution in [2.75, 3.05) is 18.1 Å². The fourth-order valence-electron chi connectivity index (χ4n) is 3.29. The summed E-state index contributed by atoms with van der Waals surface area (Å²) >= 11 is 2.70. The maximum atomic E-state index is 12.7. The zero-order valence-electron chi connectivity index (χ0n) is 19.1. The van der Waals surface area contributed by atoms with Gasteiger partial charge in [0.05, 0.1) is 18.9 Å². The number of phenolic OH excluding ortho intramolecular Hbond substituents is 1. The molecule has 0 saturated carbocycles. The molecule has 1 fully saturated rings. The highest BCUT2D eigenvalue weighted by Gasteiger charge is 2.54. The Morgan fingerprint density at radius 2 is 2.03 bits per heavy atom. The Hall–Kier alpha value is -3.11. The van der Waals surface area contributed by atoms with E-state index in [9.17, 15) is 24.6 Å². The number of H-pyrrole nitrogens is 1. The van der Waals surface area contributed by atoms with E-state index in [4.69, 9.17) is 15.9 Å². The van der Waals surface area contributed by atoms with Crippen LogP contribution < -0.4 is 11.1 Å². The van der Waals surface area contributed by atoms with Crippen molar-refractivity contribution in [2.24, 2.45) is 5.73 Å². The van der Waals surface area contributed by atoms with Crippen molar-refractivity contribution in [1.82, 2.24) is 25.6 Å². The zero-order valence-corrected chi connectivity index (χ0v) is 20.7. The third-order valence-corrected chi connectivity index (χ3v) is 7.46. The average Bonchev–Trinajstić information content (AvgIpc) is 3.39. The highest BCUT2D eigenvalue weighted by Crippen LogP contribution is 2.41. The van der Waals surface area contributed by atoms with E-state index in [1.165, 1.54) is 65.8 Å². The van der Waals surface area contributed by atoms with Gasteiger partial charge in [-0.1, -0.05) is 23.9 Å². The topological polar surface area (TPSA) is 215 Å². The monoisotopic (exact) mass is 538 g/mol. The number of thioether (sulfide) groups is 2. The average molecular weight is 539 g/mol. The zero-order chi connectivity index (χ0) is 26.4. The SMILES string of the molecule is CC(O)CO.NC(C(=O)N[C@@H]1C(=O)N2C(C(=O)O)=C(CSc3cn[nH]n3)CS[C@H]12)c1ccc(O)cc1. The molecule has 36 heavy (non-hydrogen) atoms. The number of aliphatic carboxylic acids is 1. The Bertz CT molecular complexity index is 1110. The van der Waals surface area contributed by atoms with E-state index < -0.39 is 41.3 Å². The van der Waals surface area contributed by atoms with E-state index in [1.807, 2.05) is 0 Å².